The molecule has 126 valence electrons. The van der Waals surface area contributed by atoms with Crippen molar-refractivity contribution in [1.82, 2.24) is 15.1 Å². The minimum atomic E-state index is 0.441. The second-order valence-corrected chi connectivity index (χ2v) is 8.58. The molecule has 0 radical (unpaired) electrons. The van der Waals surface area contributed by atoms with Crippen LogP contribution in [0.5, 0.6) is 0 Å². The minimum absolute atomic E-state index is 0.441. The van der Waals surface area contributed by atoms with Gasteiger partial charge in [0.25, 0.3) is 0 Å². The lowest BCUT2D eigenvalue weighted by Crippen LogP contribution is -2.58. The Balaban J connectivity index is 1.23. The first-order valence-corrected chi connectivity index (χ1v) is 9.57. The highest BCUT2D eigenvalue weighted by Crippen LogP contribution is 2.55. The molecule has 1 aromatic carbocycles. The highest BCUT2D eigenvalue weighted by Gasteiger charge is 2.50. The van der Waals surface area contributed by atoms with Crippen LogP contribution >= 0.6 is 0 Å². The summed E-state index contributed by atoms with van der Waals surface area (Å²) >= 11 is 0. The molecule has 0 saturated heterocycles. The molecular formula is C21H27N3. The number of rotatable bonds is 5. The van der Waals surface area contributed by atoms with Crippen molar-refractivity contribution in [3.05, 3.63) is 53.9 Å². The van der Waals surface area contributed by atoms with Crippen LogP contribution in [-0.4, -0.2) is 15.3 Å². The van der Waals surface area contributed by atoms with Crippen molar-refractivity contribution < 1.29 is 0 Å². The molecule has 1 N–H and O–H groups in total. The Labute approximate surface area is 144 Å². The summed E-state index contributed by atoms with van der Waals surface area (Å²) in [5, 5.41) is 8.52. The fourth-order valence-electron chi connectivity index (χ4n) is 5.97. The van der Waals surface area contributed by atoms with Gasteiger partial charge in [0.15, 0.2) is 0 Å². The quantitative estimate of drug-likeness (QED) is 0.902. The van der Waals surface area contributed by atoms with Crippen molar-refractivity contribution in [3.8, 4) is 0 Å². The highest BCUT2D eigenvalue weighted by atomic mass is 15.3. The molecule has 0 aliphatic heterocycles. The summed E-state index contributed by atoms with van der Waals surface area (Å²) in [5.74, 6) is 3.01. The molecule has 4 fully saturated rings. The first-order valence-electron chi connectivity index (χ1n) is 9.57. The predicted octanol–water partition coefficient (Wildman–Crippen LogP) is 3.99. The summed E-state index contributed by atoms with van der Waals surface area (Å²) < 4.78 is 2.06. The lowest BCUT2D eigenvalue weighted by atomic mass is 9.53. The number of aromatic nitrogens is 2. The van der Waals surface area contributed by atoms with Crippen LogP contribution in [0.1, 0.15) is 49.7 Å². The van der Waals surface area contributed by atoms with E-state index in [2.05, 4.69) is 51.6 Å². The minimum Gasteiger partial charge on any atom is -0.307 e. The van der Waals surface area contributed by atoms with E-state index in [4.69, 9.17) is 0 Å². The second kappa shape index (κ2) is 5.73. The van der Waals surface area contributed by atoms with Crippen LogP contribution in [0.4, 0.5) is 0 Å². The Morgan fingerprint density at radius 3 is 2.29 bits per heavy atom. The summed E-state index contributed by atoms with van der Waals surface area (Å²) in [4.78, 5) is 0. The van der Waals surface area contributed by atoms with Gasteiger partial charge in [0.1, 0.15) is 0 Å². The van der Waals surface area contributed by atoms with Gasteiger partial charge in [0.05, 0.1) is 12.7 Å². The Kier molecular flexibility index (Phi) is 3.51. The van der Waals surface area contributed by atoms with E-state index in [1.165, 1.54) is 49.7 Å². The molecular weight excluding hydrogens is 294 g/mol. The summed E-state index contributed by atoms with van der Waals surface area (Å²) in [6.07, 6.45) is 13.0. The first-order chi connectivity index (χ1) is 11.8. The summed E-state index contributed by atoms with van der Waals surface area (Å²) in [5.41, 5.74) is 3.07. The zero-order valence-corrected chi connectivity index (χ0v) is 14.3. The highest BCUT2D eigenvalue weighted by molar-refractivity contribution is 5.16. The molecule has 4 aliphatic carbocycles. The van der Waals surface area contributed by atoms with E-state index >= 15 is 0 Å². The first kappa shape index (κ1) is 14.7. The Morgan fingerprint density at radius 1 is 0.958 bits per heavy atom. The van der Waals surface area contributed by atoms with E-state index in [1.807, 2.05) is 6.20 Å². The van der Waals surface area contributed by atoms with Crippen LogP contribution in [0.2, 0.25) is 0 Å². The normalized spacial score (nSPS) is 33.9. The van der Waals surface area contributed by atoms with Crippen LogP contribution in [0.3, 0.4) is 0 Å². The molecule has 6 rings (SSSR count). The summed E-state index contributed by atoms with van der Waals surface area (Å²) in [6, 6.07) is 10.6. The van der Waals surface area contributed by atoms with E-state index in [0.29, 0.717) is 5.54 Å². The molecule has 24 heavy (non-hydrogen) atoms. The van der Waals surface area contributed by atoms with Crippen molar-refractivity contribution in [2.75, 3.05) is 0 Å². The maximum atomic E-state index is 4.55. The zero-order valence-electron chi connectivity index (χ0n) is 14.3. The standard InChI is InChI=1S/C21H27N3/c1-2-4-16(5-3-1)14-24-15-20(13-23-24)12-22-21-9-17-6-18(10-21)8-19(7-17)11-21/h1-5,13,15,17-19,22H,6-12,14H2. The molecule has 4 saturated carbocycles. The van der Waals surface area contributed by atoms with Crippen molar-refractivity contribution in [1.29, 1.82) is 0 Å². The fourth-order valence-corrected chi connectivity index (χ4v) is 5.97. The molecule has 0 atom stereocenters. The summed E-state index contributed by atoms with van der Waals surface area (Å²) in [6.45, 7) is 1.83. The zero-order chi connectivity index (χ0) is 16.0. The van der Waals surface area contributed by atoms with Gasteiger partial charge in [-0.1, -0.05) is 30.3 Å². The van der Waals surface area contributed by atoms with Gasteiger partial charge in [-0.15, -0.1) is 0 Å². The Morgan fingerprint density at radius 2 is 1.62 bits per heavy atom. The molecule has 3 nitrogen and oxygen atoms in total. The van der Waals surface area contributed by atoms with Gasteiger partial charge in [-0.3, -0.25) is 4.68 Å². The second-order valence-electron chi connectivity index (χ2n) is 8.58. The van der Waals surface area contributed by atoms with Crippen LogP contribution in [0, 0.1) is 17.8 Å². The van der Waals surface area contributed by atoms with Crippen LogP contribution in [0.15, 0.2) is 42.7 Å². The topological polar surface area (TPSA) is 29.9 Å². The smallest absolute Gasteiger partial charge is 0.0659 e. The lowest BCUT2D eigenvalue weighted by Gasteiger charge is -2.57. The molecule has 2 aromatic rings. The average Bonchev–Trinajstić information content (AvgIpc) is 3.00. The lowest BCUT2D eigenvalue weighted by molar-refractivity contribution is -0.0206. The maximum Gasteiger partial charge on any atom is 0.0659 e. The molecule has 4 aliphatic rings. The number of benzene rings is 1. The van der Waals surface area contributed by atoms with Gasteiger partial charge in [0.2, 0.25) is 0 Å². The Hall–Kier alpha value is -1.61. The van der Waals surface area contributed by atoms with Crippen LogP contribution in [0.25, 0.3) is 0 Å². The van der Waals surface area contributed by atoms with Crippen LogP contribution < -0.4 is 5.32 Å². The molecule has 1 heterocycles. The van der Waals surface area contributed by atoms with E-state index < -0.39 is 0 Å². The number of hydrogen-bond acceptors (Lipinski definition) is 2. The van der Waals surface area contributed by atoms with Gasteiger partial charge in [-0.05, 0) is 61.8 Å². The van der Waals surface area contributed by atoms with Gasteiger partial charge in [-0.25, -0.2) is 0 Å². The number of nitrogens with zero attached hydrogens (tertiary/aromatic N) is 2. The third-order valence-electron chi connectivity index (χ3n) is 6.58. The van der Waals surface area contributed by atoms with E-state index in [9.17, 15) is 0 Å². The van der Waals surface area contributed by atoms with Crippen molar-refractivity contribution in [2.45, 2.75) is 57.2 Å². The summed E-state index contributed by atoms with van der Waals surface area (Å²) in [7, 11) is 0. The van der Waals surface area contributed by atoms with Gasteiger partial charge in [-0.2, -0.15) is 5.10 Å². The molecule has 0 spiro atoms. The van der Waals surface area contributed by atoms with E-state index in [0.717, 1.165) is 30.8 Å². The van der Waals surface area contributed by atoms with Gasteiger partial charge < -0.3 is 5.32 Å². The number of nitrogens with one attached hydrogen (secondary N) is 1. The molecule has 1 aromatic heterocycles. The Bertz CT molecular complexity index is 668. The van der Waals surface area contributed by atoms with Gasteiger partial charge >= 0.3 is 0 Å². The van der Waals surface area contributed by atoms with E-state index in [-0.39, 0.29) is 0 Å². The van der Waals surface area contributed by atoms with Crippen molar-refractivity contribution in [2.24, 2.45) is 17.8 Å². The number of hydrogen-bond donors (Lipinski definition) is 1. The van der Waals surface area contributed by atoms with Crippen molar-refractivity contribution in [3.63, 3.8) is 0 Å². The average molecular weight is 321 g/mol. The predicted molar refractivity (Wildman–Crippen MR) is 95.5 cm³/mol. The van der Waals surface area contributed by atoms with E-state index in [1.54, 1.807) is 0 Å². The third kappa shape index (κ3) is 2.79. The molecule has 3 heteroatoms. The monoisotopic (exact) mass is 321 g/mol. The molecule has 0 unspecified atom stereocenters. The van der Waals surface area contributed by atoms with Crippen LogP contribution in [-0.2, 0) is 13.1 Å². The SMILES string of the molecule is c1ccc(Cn2cc(CNC34CC5CC(CC(C5)C3)C4)cn2)cc1. The fraction of sp³-hybridized carbons (Fsp3) is 0.571. The van der Waals surface area contributed by atoms with Crippen molar-refractivity contribution >= 4 is 0 Å². The maximum absolute atomic E-state index is 4.55. The third-order valence-corrected chi connectivity index (χ3v) is 6.58. The molecule has 4 bridgehead atoms. The largest absolute Gasteiger partial charge is 0.307 e. The molecule has 0 amide bonds. The van der Waals surface area contributed by atoms with Gasteiger partial charge in [0, 0.05) is 23.8 Å².